The Morgan fingerprint density at radius 2 is 2.21 bits per heavy atom. The minimum Gasteiger partial charge on any atom is -0.381 e. The molecule has 1 fully saturated rings. The molecule has 1 aliphatic rings. The largest absolute Gasteiger partial charge is 0.381 e. The number of nitrogens with zero attached hydrogens (tertiary/aromatic N) is 2. The molecule has 0 aliphatic carbocycles. The SMILES string of the molecule is CCNc1nc(CC2CCOC2)nc(C(C)C)c1I. The lowest BCUT2D eigenvalue weighted by Gasteiger charge is -2.15. The number of rotatable bonds is 5. The lowest BCUT2D eigenvalue weighted by molar-refractivity contribution is 0.185. The molecule has 1 aromatic heterocycles. The highest BCUT2D eigenvalue weighted by Crippen LogP contribution is 2.26. The van der Waals surface area contributed by atoms with E-state index in [0.717, 1.165) is 53.5 Å². The van der Waals surface area contributed by atoms with Crippen molar-refractivity contribution in [1.82, 2.24) is 9.97 Å². The van der Waals surface area contributed by atoms with E-state index in [1.165, 1.54) is 0 Å². The average molecular weight is 375 g/mol. The molecule has 0 aromatic carbocycles. The standard InChI is InChI=1S/C14H22IN3O/c1-4-16-14-12(15)13(9(2)3)17-11(18-14)7-10-5-6-19-8-10/h9-10H,4-8H2,1-3H3,(H,16,17,18). The first-order valence-corrected chi connectivity index (χ1v) is 8.07. The Morgan fingerprint density at radius 3 is 2.79 bits per heavy atom. The number of anilines is 1. The second kappa shape index (κ2) is 6.83. The summed E-state index contributed by atoms with van der Waals surface area (Å²) in [4.78, 5) is 9.45. The summed E-state index contributed by atoms with van der Waals surface area (Å²) in [5.74, 6) is 2.94. The molecule has 19 heavy (non-hydrogen) atoms. The van der Waals surface area contributed by atoms with E-state index >= 15 is 0 Å². The zero-order chi connectivity index (χ0) is 13.8. The van der Waals surface area contributed by atoms with Crippen molar-refractivity contribution >= 4 is 28.4 Å². The van der Waals surface area contributed by atoms with Crippen molar-refractivity contribution in [1.29, 1.82) is 0 Å². The molecule has 1 aromatic rings. The summed E-state index contributed by atoms with van der Waals surface area (Å²) in [5, 5.41) is 3.35. The second-order valence-electron chi connectivity index (χ2n) is 5.31. The van der Waals surface area contributed by atoms with E-state index in [0.29, 0.717) is 11.8 Å². The zero-order valence-corrected chi connectivity index (χ0v) is 14.0. The highest BCUT2D eigenvalue weighted by molar-refractivity contribution is 14.1. The molecule has 1 N–H and O–H groups in total. The van der Waals surface area contributed by atoms with Crippen LogP contribution in [-0.4, -0.2) is 29.7 Å². The summed E-state index contributed by atoms with van der Waals surface area (Å²) in [6.45, 7) is 9.08. The topological polar surface area (TPSA) is 47.0 Å². The molecule has 1 atom stereocenters. The third-order valence-corrected chi connectivity index (χ3v) is 4.37. The molecule has 1 unspecified atom stereocenters. The van der Waals surface area contributed by atoms with Crippen LogP contribution in [0.25, 0.3) is 0 Å². The summed E-state index contributed by atoms with van der Waals surface area (Å²) < 4.78 is 6.59. The Hall–Kier alpha value is -0.430. The van der Waals surface area contributed by atoms with Crippen LogP contribution in [0.1, 0.15) is 44.6 Å². The number of hydrogen-bond donors (Lipinski definition) is 1. The van der Waals surface area contributed by atoms with Gasteiger partial charge in [0.1, 0.15) is 11.6 Å². The molecule has 0 amide bonds. The maximum Gasteiger partial charge on any atom is 0.143 e. The fourth-order valence-electron chi connectivity index (χ4n) is 2.27. The first-order chi connectivity index (χ1) is 9.11. The van der Waals surface area contributed by atoms with E-state index < -0.39 is 0 Å². The van der Waals surface area contributed by atoms with Gasteiger partial charge in [0.2, 0.25) is 0 Å². The Balaban J connectivity index is 2.26. The first kappa shape index (κ1) is 15.0. The molecule has 2 rings (SSSR count). The molecule has 1 saturated heterocycles. The van der Waals surface area contributed by atoms with Gasteiger partial charge in [0, 0.05) is 26.2 Å². The van der Waals surface area contributed by atoms with Crippen molar-refractivity contribution in [2.45, 2.75) is 39.5 Å². The van der Waals surface area contributed by atoms with E-state index in [9.17, 15) is 0 Å². The summed E-state index contributed by atoms with van der Waals surface area (Å²) >= 11 is 2.35. The molecule has 1 aliphatic heterocycles. The fourth-order valence-corrected chi connectivity index (χ4v) is 3.33. The first-order valence-electron chi connectivity index (χ1n) is 6.99. The predicted octanol–water partition coefficient (Wildman–Crippen LogP) is 3.22. The van der Waals surface area contributed by atoms with Crippen LogP contribution in [0.2, 0.25) is 0 Å². The summed E-state index contributed by atoms with van der Waals surface area (Å²) in [6.07, 6.45) is 2.05. The zero-order valence-electron chi connectivity index (χ0n) is 11.9. The predicted molar refractivity (Wildman–Crippen MR) is 85.6 cm³/mol. The maximum atomic E-state index is 5.44. The van der Waals surface area contributed by atoms with Crippen molar-refractivity contribution in [2.75, 3.05) is 25.1 Å². The number of aromatic nitrogens is 2. The highest BCUT2D eigenvalue weighted by atomic mass is 127. The van der Waals surface area contributed by atoms with Crippen molar-refractivity contribution < 1.29 is 4.74 Å². The molecule has 2 heterocycles. The number of nitrogens with one attached hydrogen (secondary N) is 1. The van der Waals surface area contributed by atoms with Gasteiger partial charge >= 0.3 is 0 Å². The Morgan fingerprint density at radius 1 is 1.42 bits per heavy atom. The minimum absolute atomic E-state index is 0.422. The van der Waals surface area contributed by atoms with Crippen molar-refractivity contribution in [3.8, 4) is 0 Å². The number of ether oxygens (including phenoxy) is 1. The van der Waals surface area contributed by atoms with Crippen LogP contribution in [0, 0.1) is 9.49 Å². The molecule has 0 spiro atoms. The van der Waals surface area contributed by atoms with Gasteiger partial charge in [-0.25, -0.2) is 9.97 Å². The molecular formula is C14H22IN3O. The van der Waals surface area contributed by atoms with Gasteiger partial charge in [-0.15, -0.1) is 0 Å². The van der Waals surface area contributed by atoms with Gasteiger partial charge in [0.05, 0.1) is 9.26 Å². The fraction of sp³-hybridized carbons (Fsp3) is 0.714. The van der Waals surface area contributed by atoms with Crippen molar-refractivity contribution in [2.24, 2.45) is 5.92 Å². The normalized spacial score (nSPS) is 19.1. The van der Waals surface area contributed by atoms with Crippen LogP contribution < -0.4 is 5.32 Å². The molecule has 5 heteroatoms. The minimum atomic E-state index is 0.422. The number of hydrogen-bond acceptors (Lipinski definition) is 4. The third-order valence-electron chi connectivity index (χ3n) is 3.31. The maximum absolute atomic E-state index is 5.44. The molecule has 0 bridgehead atoms. The van der Waals surface area contributed by atoms with Crippen LogP contribution in [-0.2, 0) is 11.2 Å². The highest BCUT2D eigenvalue weighted by Gasteiger charge is 2.20. The summed E-state index contributed by atoms with van der Waals surface area (Å²) in [7, 11) is 0. The van der Waals surface area contributed by atoms with Gasteiger partial charge in [-0.05, 0) is 47.8 Å². The van der Waals surface area contributed by atoms with Gasteiger partial charge in [-0.2, -0.15) is 0 Å². The van der Waals surface area contributed by atoms with E-state index in [4.69, 9.17) is 9.72 Å². The van der Waals surface area contributed by atoms with Crippen LogP contribution >= 0.6 is 22.6 Å². The van der Waals surface area contributed by atoms with Crippen LogP contribution in [0.15, 0.2) is 0 Å². The Kier molecular flexibility index (Phi) is 5.38. The quantitative estimate of drug-likeness (QED) is 0.803. The van der Waals surface area contributed by atoms with Gasteiger partial charge in [0.15, 0.2) is 0 Å². The second-order valence-corrected chi connectivity index (χ2v) is 6.39. The Bertz CT molecular complexity index is 431. The molecule has 106 valence electrons. The lowest BCUT2D eigenvalue weighted by Crippen LogP contribution is -2.14. The van der Waals surface area contributed by atoms with E-state index in [2.05, 4.69) is 53.7 Å². The molecule has 0 saturated carbocycles. The van der Waals surface area contributed by atoms with Crippen molar-refractivity contribution in [3.05, 3.63) is 15.1 Å². The Labute approximate surface area is 128 Å². The van der Waals surface area contributed by atoms with Crippen LogP contribution in [0.3, 0.4) is 0 Å². The van der Waals surface area contributed by atoms with Gasteiger partial charge in [0.25, 0.3) is 0 Å². The van der Waals surface area contributed by atoms with E-state index in [1.807, 2.05) is 0 Å². The molecule has 4 nitrogen and oxygen atoms in total. The molecule has 0 radical (unpaired) electrons. The lowest BCUT2D eigenvalue weighted by atomic mass is 10.0. The summed E-state index contributed by atoms with van der Waals surface area (Å²) in [5.41, 5.74) is 1.15. The number of halogens is 1. The smallest absolute Gasteiger partial charge is 0.143 e. The van der Waals surface area contributed by atoms with Gasteiger partial charge in [-0.1, -0.05) is 13.8 Å². The van der Waals surface area contributed by atoms with Crippen molar-refractivity contribution in [3.63, 3.8) is 0 Å². The molecular weight excluding hydrogens is 353 g/mol. The van der Waals surface area contributed by atoms with Gasteiger partial charge in [-0.3, -0.25) is 0 Å². The van der Waals surface area contributed by atoms with E-state index in [1.54, 1.807) is 0 Å². The van der Waals surface area contributed by atoms with Crippen LogP contribution in [0.4, 0.5) is 5.82 Å². The third kappa shape index (κ3) is 3.78. The monoisotopic (exact) mass is 375 g/mol. The van der Waals surface area contributed by atoms with Gasteiger partial charge < -0.3 is 10.1 Å². The average Bonchev–Trinajstić information content (AvgIpc) is 2.86. The van der Waals surface area contributed by atoms with Crippen LogP contribution in [0.5, 0.6) is 0 Å². The van der Waals surface area contributed by atoms with E-state index in [-0.39, 0.29) is 0 Å². The summed E-state index contributed by atoms with van der Waals surface area (Å²) in [6, 6.07) is 0.